The summed E-state index contributed by atoms with van der Waals surface area (Å²) in [6.45, 7) is 1.56. The molecule has 1 aliphatic heterocycles. The van der Waals surface area contributed by atoms with Crippen molar-refractivity contribution in [1.29, 1.82) is 0 Å². The van der Waals surface area contributed by atoms with Crippen molar-refractivity contribution >= 4 is 15.8 Å². The fraction of sp³-hybridized carbons (Fsp3) is 0.333. The van der Waals surface area contributed by atoms with E-state index in [1.807, 2.05) is 0 Å². The van der Waals surface area contributed by atoms with Crippen molar-refractivity contribution in [3.8, 4) is 0 Å². The van der Waals surface area contributed by atoms with Gasteiger partial charge in [0.15, 0.2) is 10.1 Å². The fourth-order valence-corrected chi connectivity index (χ4v) is 2.43. The van der Waals surface area contributed by atoms with Crippen molar-refractivity contribution in [2.75, 3.05) is 0 Å². The molecule has 1 unspecified atom stereocenters. The second kappa shape index (κ2) is 2.39. The number of amidine groups is 1. The highest BCUT2D eigenvalue weighted by atomic mass is 32.2. The predicted octanol–water partition coefficient (Wildman–Crippen LogP) is -0.605. The number of imidazole rings is 1. The van der Waals surface area contributed by atoms with E-state index in [0.717, 1.165) is 0 Å². The van der Waals surface area contributed by atoms with Crippen LogP contribution in [-0.2, 0) is 17.0 Å². The molecule has 0 aliphatic carbocycles. The van der Waals surface area contributed by atoms with Gasteiger partial charge >= 0.3 is 0 Å². The van der Waals surface area contributed by atoms with Gasteiger partial charge in [-0.3, -0.25) is 4.55 Å². The Morgan fingerprint density at radius 3 is 3.00 bits per heavy atom. The van der Waals surface area contributed by atoms with E-state index in [2.05, 4.69) is 14.4 Å². The molecule has 0 spiro atoms. The summed E-state index contributed by atoms with van der Waals surface area (Å²) >= 11 is 0. The van der Waals surface area contributed by atoms with Crippen molar-refractivity contribution < 1.29 is 8.76 Å². The van der Waals surface area contributed by atoms with Gasteiger partial charge < -0.3 is 4.57 Å². The average molecular weight is 200 g/mol. The molecule has 2 heterocycles. The van der Waals surface area contributed by atoms with Crippen molar-refractivity contribution in [2.45, 2.75) is 6.92 Å². The van der Waals surface area contributed by atoms with Crippen molar-refractivity contribution in [3.05, 3.63) is 16.5 Å². The van der Waals surface area contributed by atoms with Crippen LogP contribution in [0.5, 0.6) is 0 Å². The molecule has 70 valence electrons. The van der Waals surface area contributed by atoms with Crippen LogP contribution in [0.15, 0.2) is 15.7 Å². The first-order valence-electron chi connectivity index (χ1n) is 3.57. The molecule has 13 heavy (non-hydrogen) atoms. The van der Waals surface area contributed by atoms with Crippen LogP contribution in [0.2, 0.25) is 0 Å². The lowest BCUT2D eigenvalue weighted by molar-refractivity contribution is 0.554. The summed E-state index contributed by atoms with van der Waals surface area (Å²) in [5.41, 5.74) is 0.280. The van der Waals surface area contributed by atoms with E-state index in [1.54, 1.807) is 14.0 Å². The molecule has 7 heteroatoms. The van der Waals surface area contributed by atoms with Gasteiger partial charge in [-0.05, 0) is 6.92 Å². The summed E-state index contributed by atoms with van der Waals surface area (Å²) in [5, 5.41) is 0. The Labute approximate surface area is 74.6 Å². The highest BCUT2D eigenvalue weighted by Gasteiger charge is 2.12. The Morgan fingerprint density at radius 1 is 1.62 bits per heavy atom. The first-order chi connectivity index (χ1) is 6.00. The third-order valence-electron chi connectivity index (χ3n) is 1.64. The molecule has 0 aromatic carbocycles. The quantitative estimate of drug-likeness (QED) is 0.567. The van der Waals surface area contributed by atoms with E-state index in [9.17, 15) is 8.76 Å². The van der Waals surface area contributed by atoms with Gasteiger partial charge in [0, 0.05) is 7.05 Å². The zero-order chi connectivity index (χ0) is 9.64. The minimum atomic E-state index is -3.33. The second-order valence-electron chi connectivity index (χ2n) is 2.73. The second-order valence-corrected chi connectivity index (χ2v) is 4.29. The van der Waals surface area contributed by atoms with Gasteiger partial charge in [-0.15, -0.1) is 0 Å². The maximum Gasteiger partial charge on any atom is 0.217 e. The molecule has 0 bridgehead atoms. The SMILES string of the molecule is CC1=NS(=O)(O)=c2c(ncn2C)=N1. The Kier molecular flexibility index (Phi) is 1.54. The molecule has 1 aliphatic rings. The first-order valence-corrected chi connectivity index (χ1v) is 5.04. The van der Waals surface area contributed by atoms with E-state index in [1.165, 1.54) is 10.9 Å². The minimum Gasteiger partial charge on any atom is -0.322 e. The highest BCUT2D eigenvalue weighted by molar-refractivity contribution is 7.88. The number of fused-ring (bicyclic) bond motifs is 1. The molecule has 1 aromatic heterocycles. The maximum absolute atomic E-state index is 11.6. The van der Waals surface area contributed by atoms with Gasteiger partial charge in [0.2, 0.25) is 9.99 Å². The van der Waals surface area contributed by atoms with E-state index >= 15 is 0 Å². The number of rotatable bonds is 0. The monoisotopic (exact) mass is 200 g/mol. The molecule has 1 atom stereocenters. The number of nitrogens with zero attached hydrogens (tertiary/aromatic N) is 4. The molecular weight excluding hydrogens is 192 g/mol. The minimum absolute atomic E-state index is 0.165. The van der Waals surface area contributed by atoms with Crippen LogP contribution >= 0.6 is 0 Å². The van der Waals surface area contributed by atoms with Gasteiger partial charge in [0.25, 0.3) is 0 Å². The Hall–Kier alpha value is -1.21. The molecule has 0 radical (unpaired) electrons. The zero-order valence-corrected chi connectivity index (χ0v) is 7.95. The number of hydrogen-bond donors (Lipinski definition) is 1. The van der Waals surface area contributed by atoms with Crippen LogP contribution in [-0.4, -0.2) is 24.1 Å². The van der Waals surface area contributed by atoms with E-state index in [0.29, 0.717) is 0 Å². The van der Waals surface area contributed by atoms with Gasteiger partial charge in [-0.25, -0.2) is 14.2 Å². The third-order valence-corrected chi connectivity index (χ3v) is 3.13. The molecular formula is C6H8N4O2S. The Bertz CT molecular complexity index is 591. The summed E-state index contributed by atoms with van der Waals surface area (Å²) in [6, 6.07) is 0. The van der Waals surface area contributed by atoms with Crippen molar-refractivity contribution in [1.82, 2.24) is 9.55 Å². The smallest absolute Gasteiger partial charge is 0.217 e. The fourth-order valence-electron chi connectivity index (χ4n) is 1.19. The molecule has 2 rings (SSSR count). The Balaban J connectivity index is 3.17. The Morgan fingerprint density at radius 2 is 2.31 bits per heavy atom. The van der Waals surface area contributed by atoms with Crippen LogP contribution in [0.1, 0.15) is 6.92 Å². The van der Waals surface area contributed by atoms with Gasteiger partial charge in [0.05, 0.1) is 6.33 Å². The lowest BCUT2D eigenvalue weighted by Crippen LogP contribution is -2.18. The summed E-state index contributed by atoms with van der Waals surface area (Å²) in [7, 11) is -1.70. The summed E-state index contributed by atoms with van der Waals surface area (Å²) < 4.78 is 26.2. The van der Waals surface area contributed by atoms with E-state index in [-0.39, 0.29) is 16.0 Å². The first kappa shape index (κ1) is 8.39. The van der Waals surface area contributed by atoms with Crippen LogP contribution in [0, 0.1) is 4.64 Å². The van der Waals surface area contributed by atoms with Crippen LogP contribution in [0.25, 0.3) is 0 Å². The highest BCUT2D eigenvalue weighted by Crippen LogP contribution is 2.00. The molecule has 1 aromatic rings. The van der Waals surface area contributed by atoms with Gasteiger partial charge in [-0.2, -0.15) is 4.40 Å². The zero-order valence-electron chi connectivity index (χ0n) is 7.13. The summed E-state index contributed by atoms with van der Waals surface area (Å²) in [5.74, 6) is 0.277. The van der Waals surface area contributed by atoms with Gasteiger partial charge in [0.1, 0.15) is 5.84 Å². The number of aromatic nitrogens is 2. The normalized spacial score (nSPS) is 26.2. The van der Waals surface area contributed by atoms with Gasteiger partial charge in [-0.1, -0.05) is 0 Å². The molecule has 0 fully saturated rings. The third kappa shape index (κ3) is 1.16. The van der Waals surface area contributed by atoms with E-state index < -0.39 is 9.99 Å². The largest absolute Gasteiger partial charge is 0.322 e. The molecule has 0 saturated carbocycles. The number of hydrogen-bond acceptors (Lipinski definition) is 3. The molecule has 0 amide bonds. The molecule has 1 N–H and O–H groups in total. The summed E-state index contributed by atoms with van der Waals surface area (Å²) in [6.07, 6.45) is 1.44. The predicted molar refractivity (Wildman–Crippen MR) is 47.1 cm³/mol. The summed E-state index contributed by atoms with van der Waals surface area (Å²) in [4.78, 5) is 7.82. The van der Waals surface area contributed by atoms with Crippen LogP contribution in [0.3, 0.4) is 0 Å². The van der Waals surface area contributed by atoms with Crippen molar-refractivity contribution in [2.24, 2.45) is 16.4 Å². The molecule has 6 nitrogen and oxygen atoms in total. The van der Waals surface area contributed by atoms with E-state index in [4.69, 9.17) is 0 Å². The average Bonchev–Trinajstić information content (AvgIpc) is 2.29. The van der Waals surface area contributed by atoms with Crippen LogP contribution in [0.4, 0.5) is 0 Å². The lowest BCUT2D eigenvalue weighted by Gasteiger charge is -2.01. The topological polar surface area (TPSA) is 79.8 Å². The maximum atomic E-state index is 11.6. The molecule has 0 saturated heterocycles. The standard InChI is InChI=1S/C6H8N4O2S/c1-4-8-5-6(10(2)3-7-5)13(11,12)9-4/h3H,1-2H3,(H,8,9,11,12). The van der Waals surface area contributed by atoms with Crippen LogP contribution < -0.4 is 5.49 Å². The van der Waals surface area contributed by atoms with Crippen molar-refractivity contribution in [3.63, 3.8) is 0 Å². The lowest BCUT2D eigenvalue weighted by atomic mass is 10.7. The number of aryl methyl sites for hydroxylation is 1.